The van der Waals surface area contributed by atoms with Gasteiger partial charge in [-0.2, -0.15) is 0 Å². The smallest absolute Gasteiger partial charge is 0.0594 e. The standard InChI is InChI=1S/C14H31N3O3/c18-10-3-15-4-11-19-12-5-16-6-13-20-14-9-17-7-1-2-8-17/h15-16,18H,1-14H2. The predicted octanol–water partition coefficient (Wildman–Crippen LogP) is -0.713. The van der Waals surface area contributed by atoms with E-state index in [9.17, 15) is 0 Å². The zero-order valence-electron chi connectivity index (χ0n) is 12.6. The quantitative estimate of drug-likeness (QED) is 0.367. The van der Waals surface area contributed by atoms with Gasteiger partial charge in [0.1, 0.15) is 0 Å². The first-order chi connectivity index (χ1) is 9.93. The van der Waals surface area contributed by atoms with Gasteiger partial charge in [0, 0.05) is 32.7 Å². The molecule has 1 rings (SSSR count). The molecule has 1 saturated heterocycles. The Morgan fingerprint density at radius 1 is 0.800 bits per heavy atom. The molecule has 0 unspecified atom stereocenters. The lowest BCUT2D eigenvalue weighted by Crippen LogP contribution is -2.28. The first-order valence-corrected chi connectivity index (χ1v) is 7.83. The van der Waals surface area contributed by atoms with Crippen molar-refractivity contribution in [3.8, 4) is 0 Å². The molecule has 6 heteroatoms. The number of hydrogen-bond donors (Lipinski definition) is 3. The molecule has 0 radical (unpaired) electrons. The molecule has 0 bridgehead atoms. The highest BCUT2D eigenvalue weighted by Gasteiger charge is 2.09. The molecule has 3 N–H and O–H groups in total. The fourth-order valence-electron chi connectivity index (χ4n) is 2.17. The summed E-state index contributed by atoms with van der Waals surface area (Å²) >= 11 is 0. The number of aliphatic hydroxyl groups is 1. The van der Waals surface area contributed by atoms with Crippen LogP contribution in [0.25, 0.3) is 0 Å². The van der Waals surface area contributed by atoms with Crippen molar-refractivity contribution in [3.63, 3.8) is 0 Å². The summed E-state index contributed by atoms with van der Waals surface area (Å²) in [7, 11) is 0. The average Bonchev–Trinajstić information content (AvgIpc) is 2.97. The molecule has 0 amide bonds. The number of aliphatic hydroxyl groups excluding tert-OH is 1. The minimum Gasteiger partial charge on any atom is -0.395 e. The highest BCUT2D eigenvalue weighted by Crippen LogP contribution is 2.05. The topological polar surface area (TPSA) is 66.0 Å². The van der Waals surface area contributed by atoms with E-state index >= 15 is 0 Å². The highest BCUT2D eigenvalue weighted by atomic mass is 16.5. The SMILES string of the molecule is OCCNCCOCCNCCOCCN1CCCC1. The van der Waals surface area contributed by atoms with Gasteiger partial charge in [-0.3, -0.25) is 0 Å². The summed E-state index contributed by atoms with van der Waals surface area (Å²) in [5.41, 5.74) is 0. The number of nitrogens with one attached hydrogen (secondary N) is 2. The summed E-state index contributed by atoms with van der Waals surface area (Å²) in [6.45, 7) is 9.92. The van der Waals surface area contributed by atoms with Crippen molar-refractivity contribution in [1.82, 2.24) is 15.5 Å². The number of likely N-dealkylation sites (tertiary alicyclic amines) is 1. The second-order valence-corrected chi connectivity index (χ2v) is 5.00. The third kappa shape index (κ3) is 10.5. The molecule has 1 aliphatic rings. The molecule has 1 aliphatic heterocycles. The van der Waals surface area contributed by atoms with E-state index in [-0.39, 0.29) is 6.61 Å². The van der Waals surface area contributed by atoms with Crippen LogP contribution in [0.3, 0.4) is 0 Å². The van der Waals surface area contributed by atoms with E-state index in [0.29, 0.717) is 19.8 Å². The lowest BCUT2D eigenvalue weighted by molar-refractivity contribution is 0.107. The second kappa shape index (κ2) is 13.7. The van der Waals surface area contributed by atoms with Crippen molar-refractivity contribution in [3.05, 3.63) is 0 Å². The fourth-order valence-corrected chi connectivity index (χ4v) is 2.17. The van der Waals surface area contributed by atoms with E-state index in [0.717, 1.165) is 39.4 Å². The molecule has 20 heavy (non-hydrogen) atoms. The average molecular weight is 289 g/mol. The van der Waals surface area contributed by atoms with Gasteiger partial charge < -0.3 is 30.1 Å². The van der Waals surface area contributed by atoms with Crippen LogP contribution >= 0.6 is 0 Å². The Morgan fingerprint density at radius 2 is 1.35 bits per heavy atom. The van der Waals surface area contributed by atoms with Gasteiger partial charge >= 0.3 is 0 Å². The Kier molecular flexibility index (Phi) is 12.2. The maximum Gasteiger partial charge on any atom is 0.0594 e. The first-order valence-electron chi connectivity index (χ1n) is 7.83. The first kappa shape index (κ1) is 17.8. The molecule has 0 atom stereocenters. The van der Waals surface area contributed by atoms with Gasteiger partial charge in [-0.1, -0.05) is 0 Å². The number of nitrogens with zero attached hydrogens (tertiary/aromatic N) is 1. The molecule has 6 nitrogen and oxygen atoms in total. The van der Waals surface area contributed by atoms with E-state index < -0.39 is 0 Å². The van der Waals surface area contributed by atoms with Crippen LogP contribution in [0.4, 0.5) is 0 Å². The van der Waals surface area contributed by atoms with Gasteiger partial charge in [0.05, 0.1) is 33.0 Å². The number of hydrogen-bond acceptors (Lipinski definition) is 6. The Morgan fingerprint density at radius 3 is 1.95 bits per heavy atom. The van der Waals surface area contributed by atoms with Crippen molar-refractivity contribution in [2.75, 3.05) is 78.8 Å². The van der Waals surface area contributed by atoms with Gasteiger partial charge in [0.15, 0.2) is 0 Å². The van der Waals surface area contributed by atoms with Crippen LogP contribution < -0.4 is 10.6 Å². The van der Waals surface area contributed by atoms with Crippen LogP contribution in [0.5, 0.6) is 0 Å². The summed E-state index contributed by atoms with van der Waals surface area (Å²) < 4.78 is 11.0. The molecule has 1 fully saturated rings. The molecule has 0 aromatic carbocycles. The summed E-state index contributed by atoms with van der Waals surface area (Å²) in [6.07, 6.45) is 2.69. The van der Waals surface area contributed by atoms with Gasteiger partial charge in [-0.15, -0.1) is 0 Å². The summed E-state index contributed by atoms with van der Waals surface area (Å²) in [5.74, 6) is 0. The van der Waals surface area contributed by atoms with Crippen molar-refractivity contribution in [2.45, 2.75) is 12.8 Å². The molecule has 1 heterocycles. The monoisotopic (exact) mass is 289 g/mol. The van der Waals surface area contributed by atoms with Crippen LogP contribution in [0.2, 0.25) is 0 Å². The normalized spacial score (nSPS) is 16.1. The van der Waals surface area contributed by atoms with E-state index in [1.165, 1.54) is 25.9 Å². The fraction of sp³-hybridized carbons (Fsp3) is 1.00. The molecule has 0 aromatic heterocycles. The van der Waals surface area contributed by atoms with Crippen LogP contribution in [-0.2, 0) is 9.47 Å². The summed E-state index contributed by atoms with van der Waals surface area (Å²) in [6, 6.07) is 0. The van der Waals surface area contributed by atoms with E-state index in [4.69, 9.17) is 14.6 Å². The van der Waals surface area contributed by atoms with Gasteiger partial charge in [0.25, 0.3) is 0 Å². The Labute approximate surface area is 122 Å². The minimum atomic E-state index is 0.180. The Bertz CT molecular complexity index is 202. The zero-order valence-corrected chi connectivity index (χ0v) is 12.6. The van der Waals surface area contributed by atoms with E-state index in [1.807, 2.05) is 0 Å². The molecule has 0 saturated carbocycles. The third-order valence-electron chi connectivity index (χ3n) is 3.31. The third-order valence-corrected chi connectivity index (χ3v) is 3.31. The number of ether oxygens (including phenoxy) is 2. The van der Waals surface area contributed by atoms with E-state index in [1.54, 1.807) is 0 Å². The van der Waals surface area contributed by atoms with Crippen molar-refractivity contribution >= 4 is 0 Å². The second-order valence-electron chi connectivity index (χ2n) is 5.00. The summed E-state index contributed by atoms with van der Waals surface area (Å²) in [4.78, 5) is 2.46. The van der Waals surface area contributed by atoms with Gasteiger partial charge in [-0.05, 0) is 25.9 Å². The van der Waals surface area contributed by atoms with Crippen molar-refractivity contribution in [2.24, 2.45) is 0 Å². The highest BCUT2D eigenvalue weighted by molar-refractivity contribution is 4.65. The van der Waals surface area contributed by atoms with Crippen LogP contribution in [0, 0.1) is 0 Å². The van der Waals surface area contributed by atoms with Crippen molar-refractivity contribution in [1.29, 1.82) is 0 Å². The van der Waals surface area contributed by atoms with Crippen LogP contribution in [0.15, 0.2) is 0 Å². The largest absolute Gasteiger partial charge is 0.395 e. The number of rotatable bonds is 14. The molecule has 0 aromatic rings. The van der Waals surface area contributed by atoms with Crippen LogP contribution in [0.1, 0.15) is 12.8 Å². The molecule has 0 aliphatic carbocycles. The van der Waals surface area contributed by atoms with E-state index in [2.05, 4.69) is 15.5 Å². The van der Waals surface area contributed by atoms with Crippen LogP contribution in [-0.4, -0.2) is 88.9 Å². The Balaban J connectivity index is 1.66. The summed E-state index contributed by atoms with van der Waals surface area (Å²) in [5, 5.41) is 14.9. The predicted molar refractivity (Wildman–Crippen MR) is 80.1 cm³/mol. The molecular weight excluding hydrogens is 258 g/mol. The minimum absolute atomic E-state index is 0.180. The lowest BCUT2D eigenvalue weighted by Gasteiger charge is -2.14. The molecular formula is C14H31N3O3. The zero-order chi connectivity index (χ0) is 14.3. The maximum absolute atomic E-state index is 8.56. The van der Waals surface area contributed by atoms with Crippen molar-refractivity contribution < 1.29 is 14.6 Å². The van der Waals surface area contributed by atoms with Gasteiger partial charge in [0.2, 0.25) is 0 Å². The lowest BCUT2D eigenvalue weighted by atomic mass is 10.4. The Hall–Kier alpha value is -0.240. The maximum atomic E-state index is 8.56. The van der Waals surface area contributed by atoms with Gasteiger partial charge in [-0.25, -0.2) is 0 Å². The molecule has 120 valence electrons. The molecule has 0 spiro atoms.